The number of para-hydroxylation sites is 2. The normalized spacial score (nSPS) is 15.2. The van der Waals surface area contributed by atoms with Gasteiger partial charge in [0.2, 0.25) is 0 Å². The maximum absolute atomic E-state index is 12.8. The maximum Gasteiger partial charge on any atom is 0.254 e. The molecule has 2 aromatic carbocycles. The number of hydrogen-bond acceptors (Lipinski definition) is 4. The van der Waals surface area contributed by atoms with Crippen LogP contribution in [0.1, 0.15) is 34.2 Å². The van der Waals surface area contributed by atoms with Gasteiger partial charge in [-0.2, -0.15) is 0 Å². The van der Waals surface area contributed by atoms with Crippen LogP contribution in [0.25, 0.3) is 0 Å². The van der Waals surface area contributed by atoms with Gasteiger partial charge >= 0.3 is 0 Å². The van der Waals surface area contributed by atoms with Crippen molar-refractivity contribution >= 4 is 11.6 Å². The molecule has 3 aromatic rings. The number of ether oxygens (including phenoxy) is 1. The molecule has 1 N–H and O–H groups in total. The van der Waals surface area contributed by atoms with Crippen molar-refractivity contribution in [3.63, 3.8) is 0 Å². The van der Waals surface area contributed by atoms with Gasteiger partial charge in [0.05, 0.1) is 25.5 Å². The molecule has 0 bridgehead atoms. The number of hydrogen-bond donors (Lipinski definition) is 1. The van der Waals surface area contributed by atoms with Crippen molar-refractivity contribution in [3.8, 4) is 5.75 Å². The molecule has 0 saturated carbocycles. The minimum absolute atomic E-state index is 0.108. The Kier molecular flexibility index (Phi) is 5.56. The Morgan fingerprint density at radius 1 is 1.17 bits per heavy atom. The lowest BCUT2D eigenvalue weighted by atomic mass is 10.1. The number of carbonyl (C=O) groups is 1. The summed E-state index contributed by atoms with van der Waals surface area (Å²) in [5.41, 5.74) is 4.24. The van der Waals surface area contributed by atoms with Crippen LogP contribution in [0.5, 0.6) is 5.75 Å². The lowest BCUT2D eigenvalue weighted by Gasteiger charge is -2.24. The van der Waals surface area contributed by atoms with E-state index in [-0.39, 0.29) is 5.91 Å². The highest BCUT2D eigenvalue weighted by atomic mass is 16.5. The molecular formula is C24H26N2O3. The molecule has 0 aliphatic carbocycles. The summed E-state index contributed by atoms with van der Waals surface area (Å²) in [5.74, 6) is 1.43. The van der Waals surface area contributed by atoms with Crippen LogP contribution in [0.4, 0.5) is 5.69 Å². The number of amides is 1. The van der Waals surface area contributed by atoms with Crippen molar-refractivity contribution in [3.05, 3.63) is 83.3 Å². The molecule has 0 radical (unpaired) electrons. The van der Waals surface area contributed by atoms with Gasteiger partial charge in [0.15, 0.2) is 0 Å². The zero-order valence-corrected chi connectivity index (χ0v) is 16.9. The van der Waals surface area contributed by atoms with E-state index in [1.807, 2.05) is 24.3 Å². The van der Waals surface area contributed by atoms with Crippen molar-refractivity contribution in [2.45, 2.75) is 32.4 Å². The quantitative estimate of drug-likeness (QED) is 0.657. The van der Waals surface area contributed by atoms with Crippen LogP contribution < -0.4 is 15.0 Å². The van der Waals surface area contributed by atoms with Crippen LogP contribution >= 0.6 is 0 Å². The second-order valence-corrected chi connectivity index (χ2v) is 7.38. The number of benzene rings is 2. The first kappa shape index (κ1) is 19.1. The van der Waals surface area contributed by atoms with Crippen molar-refractivity contribution in [1.82, 2.24) is 5.32 Å². The summed E-state index contributed by atoms with van der Waals surface area (Å²) >= 11 is 0. The molecule has 29 heavy (non-hydrogen) atoms. The second-order valence-electron chi connectivity index (χ2n) is 7.38. The second kappa shape index (κ2) is 8.43. The molecule has 0 spiro atoms. The predicted molar refractivity (Wildman–Crippen MR) is 114 cm³/mol. The number of anilines is 1. The molecule has 1 aliphatic heterocycles. The highest BCUT2D eigenvalue weighted by Gasteiger charge is 2.27. The largest absolute Gasteiger partial charge is 0.496 e. The first-order valence-electron chi connectivity index (χ1n) is 9.98. The average molecular weight is 390 g/mol. The van der Waals surface area contributed by atoms with E-state index in [0.29, 0.717) is 36.9 Å². The third-order valence-electron chi connectivity index (χ3n) is 5.52. The summed E-state index contributed by atoms with van der Waals surface area (Å²) in [4.78, 5) is 15.1. The van der Waals surface area contributed by atoms with Gasteiger partial charge in [-0.1, -0.05) is 36.4 Å². The number of nitrogens with one attached hydrogen (secondary N) is 1. The van der Waals surface area contributed by atoms with Crippen LogP contribution in [0.2, 0.25) is 0 Å². The van der Waals surface area contributed by atoms with E-state index in [1.54, 1.807) is 19.4 Å². The molecule has 1 unspecified atom stereocenters. The number of fused-ring (bicyclic) bond motifs is 1. The van der Waals surface area contributed by atoms with Crippen molar-refractivity contribution in [2.24, 2.45) is 0 Å². The zero-order valence-electron chi connectivity index (χ0n) is 16.9. The molecule has 5 nitrogen and oxygen atoms in total. The molecule has 150 valence electrons. The SMILES string of the molecule is COc1ccccc1CCNC(=O)c1ccoc1CN1c2ccccc2CC1C. The lowest BCUT2D eigenvalue weighted by Crippen LogP contribution is -2.31. The lowest BCUT2D eigenvalue weighted by molar-refractivity contribution is 0.0952. The van der Waals surface area contributed by atoms with Crippen LogP contribution in [-0.4, -0.2) is 25.6 Å². The molecule has 1 aliphatic rings. The van der Waals surface area contributed by atoms with Gasteiger partial charge in [0.25, 0.3) is 5.91 Å². The Morgan fingerprint density at radius 3 is 2.83 bits per heavy atom. The first-order chi connectivity index (χ1) is 14.2. The Bertz CT molecular complexity index is 995. The van der Waals surface area contributed by atoms with E-state index in [4.69, 9.17) is 9.15 Å². The van der Waals surface area contributed by atoms with E-state index in [1.165, 1.54) is 11.3 Å². The van der Waals surface area contributed by atoms with E-state index < -0.39 is 0 Å². The molecule has 1 atom stereocenters. The topological polar surface area (TPSA) is 54.7 Å². The van der Waals surface area contributed by atoms with Gasteiger partial charge < -0.3 is 19.4 Å². The van der Waals surface area contributed by atoms with E-state index >= 15 is 0 Å². The summed E-state index contributed by atoms with van der Waals surface area (Å²) in [6.45, 7) is 3.32. The predicted octanol–water partition coefficient (Wildman–Crippen LogP) is 4.21. The summed E-state index contributed by atoms with van der Waals surface area (Å²) in [7, 11) is 1.66. The average Bonchev–Trinajstić information content (AvgIpc) is 3.33. The molecule has 0 saturated heterocycles. The molecule has 5 heteroatoms. The van der Waals surface area contributed by atoms with E-state index in [0.717, 1.165) is 17.7 Å². The van der Waals surface area contributed by atoms with Crippen LogP contribution in [-0.2, 0) is 19.4 Å². The van der Waals surface area contributed by atoms with Crippen molar-refractivity contribution < 1.29 is 13.9 Å². The van der Waals surface area contributed by atoms with Gasteiger partial charge in [-0.25, -0.2) is 0 Å². The Balaban J connectivity index is 1.41. The standard InChI is InChI=1S/C24H26N2O3/c1-17-15-19-8-3-5-9-21(19)26(17)16-23-20(12-14-29-23)24(27)25-13-11-18-7-4-6-10-22(18)28-2/h3-10,12,14,17H,11,13,15-16H2,1-2H3,(H,25,27). The summed E-state index contributed by atoms with van der Waals surface area (Å²) in [5, 5.41) is 3.01. The number of rotatable bonds is 7. The minimum atomic E-state index is -0.108. The van der Waals surface area contributed by atoms with Crippen LogP contribution in [0.3, 0.4) is 0 Å². The van der Waals surface area contributed by atoms with E-state index in [2.05, 4.69) is 41.4 Å². The monoisotopic (exact) mass is 390 g/mol. The highest BCUT2D eigenvalue weighted by molar-refractivity contribution is 5.95. The smallest absolute Gasteiger partial charge is 0.254 e. The fraction of sp³-hybridized carbons (Fsp3) is 0.292. The van der Waals surface area contributed by atoms with Gasteiger partial charge in [-0.15, -0.1) is 0 Å². The molecular weight excluding hydrogens is 364 g/mol. The van der Waals surface area contributed by atoms with Gasteiger partial charge in [0.1, 0.15) is 11.5 Å². The molecule has 2 heterocycles. The maximum atomic E-state index is 12.8. The summed E-state index contributed by atoms with van der Waals surface area (Å²) in [6.07, 6.45) is 3.31. The highest BCUT2D eigenvalue weighted by Crippen LogP contribution is 2.33. The van der Waals surface area contributed by atoms with Crippen molar-refractivity contribution in [2.75, 3.05) is 18.6 Å². The Morgan fingerprint density at radius 2 is 1.97 bits per heavy atom. The van der Waals surface area contributed by atoms with Crippen LogP contribution in [0.15, 0.2) is 65.3 Å². The zero-order chi connectivity index (χ0) is 20.2. The van der Waals surface area contributed by atoms with Gasteiger partial charge in [0, 0.05) is 18.3 Å². The Labute approximate surface area is 171 Å². The number of carbonyl (C=O) groups excluding carboxylic acids is 1. The molecule has 1 amide bonds. The molecule has 4 rings (SSSR count). The summed E-state index contributed by atoms with van der Waals surface area (Å²) < 4.78 is 11.1. The Hall–Kier alpha value is -3.21. The third kappa shape index (κ3) is 3.99. The van der Waals surface area contributed by atoms with E-state index in [9.17, 15) is 4.79 Å². The van der Waals surface area contributed by atoms with Gasteiger partial charge in [-0.3, -0.25) is 4.79 Å². The number of methoxy groups -OCH3 is 1. The number of furan rings is 1. The number of nitrogens with zero attached hydrogens (tertiary/aromatic N) is 1. The van der Waals surface area contributed by atoms with Gasteiger partial charge in [-0.05, 0) is 49.1 Å². The first-order valence-corrected chi connectivity index (χ1v) is 9.98. The fourth-order valence-electron chi connectivity index (χ4n) is 4.01. The minimum Gasteiger partial charge on any atom is -0.496 e. The molecule has 1 aromatic heterocycles. The third-order valence-corrected chi connectivity index (χ3v) is 5.52. The van der Waals surface area contributed by atoms with Crippen LogP contribution in [0, 0.1) is 0 Å². The van der Waals surface area contributed by atoms with Crippen molar-refractivity contribution in [1.29, 1.82) is 0 Å². The summed E-state index contributed by atoms with van der Waals surface area (Å²) in [6, 6.07) is 18.4. The molecule has 0 fully saturated rings. The fourth-order valence-corrected chi connectivity index (χ4v) is 4.01.